The first-order valence-electron chi connectivity index (χ1n) is 5.60. The molecule has 0 unspecified atom stereocenters. The van der Waals surface area contributed by atoms with E-state index in [1.54, 1.807) is 0 Å². The summed E-state index contributed by atoms with van der Waals surface area (Å²) in [4.78, 5) is 4.67. The Labute approximate surface area is 99.5 Å². The lowest BCUT2D eigenvalue weighted by molar-refractivity contribution is 0.756. The van der Waals surface area contributed by atoms with E-state index in [2.05, 4.69) is 27.5 Å². The molecule has 0 aromatic carbocycles. The third kappa shape index (κ3) is 1.53. The molecule has 86 valence electrons. The Balaban J connectivity index is 2.25. The van der Waals surface area contributed by atoms with Gasteiger partial charge in [-0.05, 0) is 25.5 Å². The van der Waals surface area contributed by atoms with Gasteiger partial charge in [0, 0.05) is 31.2 Å². The van der Waals surface area contributed by atoms with Crippen LogP contribution < -0.4 is 0 Å². The molecule has 0 aliphatic carbocycles. The average molecular weight is 226 g/mol. The highest BCUT2D eigenvalue weighted by Gasteiger charge is 2.10. The van der Waals surface area contributed by atoms with Gasteiger partial charge in [0.2, 0.25) is 0 Å². The van der Waals surface area contributed by atoms with Gasteiger partial charge in [0.05, 0.1) is 11.4 Å². The zero-order chi connectivity index (χ0) is 12.0. The Morgan fingerprint density at radius 2 is 2.00 bits per heavy atom. The van der Waals surface area contributed by atoms with Crippen LogP contribution >= 0.6 is 0 Å². The Kier molecular flexibility index (Phi) is 2.04. The van der Waals surface area contributed by atoms with Gasteiger partial charge in [0.25, 0.3) is 0 Å². The molecule has 0 aliphatic heterocycles. The first-order valence-corrected chi connectivity index (χ1v) is 5.60. The number of aryl methyl sites for hydroxylation is 3. The summed E-state index contributed by atoms with van der Waals surface area (Å²) < 4.78 is 3.87. The van der Waals surface area contributed by atoms with E-state index in [9.17, 15) is 0 Å². The third-order valence-electron chi connectivity index (χ3n) is 2.97. The summed E-state index contributed by atoms with van der Waals surface area (Å²) in [5, 5.41) is 4.35. The van der Waals surface area contributed by atoms with Gasteiger partial charge in [0.1, 0.15) is 5.65 Å². The summed E-state index contributed by atoms with van der Waals surface area (Å²) >= 11 is 0. The molecule has 4 heteroatoms. The lowest BCUT2D eigenvalue weighted by Gasteiger charge is -1.93. The number of hydrogen-bond acceptors (Lipinski definition) is 2. The largest absolute Gasteiger partial charge is 0.306 e. The van der Waals surface area contributed by atoms with E-state index < -0.39 is 0 Å². The smallest absolute Gasteiger partial charge is 0.140 e. The number of fused-ring (bicyclic) bond motifs is 1. The molecule has 0 atom stereocenters. The second-order valence-electron chi connectivity index (χ2n) is 4.35. The van der Waals surface area contributed by atoms with Gasteiger partial charge < -0.3 is 4.40 Å². The number of aromatic nitrogens is 4. The van der Waals surface area contributed by atoms with Crippen LogP contribution in [0.15, 0.2) is 30.7 Å². The normalized spacial score (nSPS) is 11.2. The number of rotatable bonds is 1. The molecule has 3 aromatic rings. The molecule has 0 N–H and O–H groups in total. The van der Waals surface area contributed by atoms with E-state index in [-0.39, 0.29) is 0 Å². The Bertz CT molecular complexity index is 691. The van der Waals surface area contributed by atoms with Gasteiger partial charge in [-0.15, -0.1) is 0 Å². The zero-order valence-electron chi connectivity index (χ0n) is 10.2. The van der Waals surface area contributed by atoms with Crippen molar-refractivity contribution in [2.75, 3.05) is 0 Å². The van der Waals surface area contributed by atoms with Crippen molar-refractivity contribution in [2.24, 2.45) is 7.05 Å². The first kappa shape index (κ1) is 10.1. The van der Waals surface area contributed by atoms with Crippen molar-refractivity contribution in [3.05, 3.63) is 42.0 Å². The topological polar surface area (TPSA) is 35.1 Å². The van der Waals surface area contributed by atoms with E-state index in [1.807, 2.05) is 43.3 Å². The van der Waals surface area contributed by atoms with E-state index in [4.69, 9.17) is 0 Å². The second kappa shape index (κ2) is 3.45. The fraction of sp³-hybridized carbons (Fsp3) is 0.231. The monoisotopic (exact) mass is 226 g/mol. The maximum Gasteiger partial charge on any atom is 0.140 e. The standard InChI is InChI=1S/C13H14N4/c1-9-5-4-6-17-8-12(14-13(9)17)11-7-16(3)15-10(11)2/h4-8H,1-3H3. The van der Waals surface area contributed by atoms with E-state index >= 15 is 0 Å². The zero-order valence-corrected chi connectivity index (χ0v) is 10.2. The molecule has 0 radical (unpaired) electrons. The summed E-state index contributed by atoms with van der Waals surface area (Å²) in [6, 6.07) is 4.10. The molecule has 3 heterocycles. The summed E-state index contributed by atoms with van der Waals surface area (Å²) in [5.41, 5.74) is 5.26. The predicted octanol–water partition coefficient (Wildman–Crippen LogP) is 2.35. The van der Waals surface area contributed by atoms with Crippen LogP contribution in [0.3, 0.4) is 0 Å². The van der Waals surface area contributed by atoms with Gasteiger partial charge >= 0.3 is 0 Å². The van der Waals surface area contributed by atoms with Crippen molar-refractivity contribution in [1.82, 2.24) is 19.2 Å². The number of nitrogens with zero attached hydrogens (tertiary/aromatic N) is 4. The highest BCUT2D eigenvalue weighted by atomic mass is 15.2. The van der Waals surface area contributed by atoms with Crippen molar-refractivity contribution in [1.29, 1.82) is 0 Å². The van der Waals surface area contributed by atoms with Gasteiger partial charge in [-0.1, -0.05) is 6.07 Å². The molecule has 0 aliphatic rings. The van der Waals surface area contributed by atoms with Crippen LogP contribution in [-0.4, -0.2) is 19.2 Å². The Hall–Kier alpha value is -2.10. The third-order valence-corrected chi connectivity index (χ3v) is 2.97. The van der Waals surface area contributed by atoms with Gasteiger partial charge in [-0.25, -0.2) is 4.98 Å². The molecular weight excluding hydrogens is 212 g/mol. The summed E-state index contributed by atoms with van der Waals surface area (Å²) in [7, 11) is 1.93. The van der Waals surface area contributed by atoms with Crippen molar-refractivity contribution in [2.45, 2.75) is 13.8 Å². The molecular formula is C13H14N4. The first-order chi connectivity index (χ1) is 8.15. The molecule has 0 saturated heterocycles. The highest BCUT2D eigenvalue weighted by Crippen LogP contribution is 2.22. The van der Waals surface area contributed by atoms with Crippen LogP contribution in [0.4, 0.5) is 0 Å². The minimum atomic E-state index is 0.977. The van der Waals surface area contributed by atoms with Crippen molar-refractivity contribution in [3.8, 4) is 11.3 Å². The Morgan fingerprint density at radius 1 is 1.18 bits per heavy atom. The van der Waals surface area contributed by atoms with Crippen molar-refractivity contribution >= 4 is 5.65 Å². The molecule has 17 heavy (non-hydrogen) atoms. The van der Waals surface area contributed by atoms with Crippen LogP contribution in [0.5, 0.6) is 0 Å². The molecule has 3 rings (SSSR count). The SMILES string of the molecule is Cc1nn(C)cc1-c1cn2cccc(C)c2n1. The quantitative estimate of drug-likeness (QED) is 0.638. The molecule has 0 amide bonds. The maximum atomic E-state index is 4.67. The maximum absolute atomic E-state index is 4.67. The summed E-state index contributed by atoms with van der Waals surface area (Å²) in [6.45, 7) is 4.08. The van der Waals surface area contributed by atoms with Crippen LogP contribution in [0, 0.1) is 13.8 Å². The van der Waals surface area contributed by atoms with Gasteiger partial charge in [-0.2, -0.15) is 5.10 Å². The van der Waals surface area contributed by atoms with Gasteiger partial charge in [0.15, 0.2) is 0 Å². The molecule has 3 aromatic heterocycles. The Morgan fingerprint density at radius 3 is 2.65 bits per heavy atom. The van der Waals surface area contributed by atoms with Crippen LogP contribution in [0.2, 0.25) is 0 Å². The lowest BCUT2D eigenvalue weighted by atomic mass is 10.2. The van der Waals surface area contributed by atoms with Crippen LogP contribution in [0.1, 0.15) is 11.3 Å². The minimum Gasteiger partial charge on any atom is -0.306 e. The van der Waals surface area contributed by atoms with E-state index in [1.165, 1.54) is 5.56 Å². The van der Waals surface area contributed by atoms with Crippen LogP contribution in [-0.2, 0) is 7.05 Å². The molecule has 0 spiro atoms. The number of hydrogen-bond donors (Lipinski definition) is 0. The lowest BCUT2D eigenvalue weighted by Crippen LogP contribution is -1.86. The summed E-state index contributed by atoms with van der Waals surface area (Å²) in [5.74, 6) is 0. The fourth-order valence-corrected chi connectivity index (χ4v) is 2.13. The predicted molar refractivity (Wildman–Crippen MR) is 66.9 cm³/mol. The van der Waals surface area contributed by atoms with E-state index in [0.717, 1.165) is 22.6 Å². The molecule has 4 nitrogen and oxygen atoms in total. The fourth-order valence-electron chi connectivity index (χ4n) is 2.13. The minimum absolute atomic E-state index is 0.977. The number of pyridine rings is 1. The molecule has 0 bridgehead atoms. The van der Waals surface area contributed by atoms with Crippen LogP contribution in [0.25, 0.3) is 16.9 Å². The molecule has 0 saturated carbocycles. The average Bonchev–Trinajstić information content (AvgIpc) is 2.82. The van der Waals surface area contributed by atoms with E-state index in [0.29, 0.717) is 0 Å². The highest BCUT2D eigenvalue weighted by molar-refractivity contribution is 5.65. The van der Waals surface area contributed by atoms with Gasteiger partial charge in [-0.3, -0.25) is 4.68 Å². The number of imidazole rings is 1. The van der Waals surface area contributed by atoms with Crippen molar-refractivity contribution < 1.29 is 0 Å². The molecule has 0 fully saturated rings. The second-order valence-corrected chi connectivity index (χ2v) is 4.35. The van der Waals surface area contributed by atoms with Crippen molar-refractivity contribution in [3.63, 3.8) is 0 Å². The summed E-state index contributed by atoms with van der Waals surface area (Å²) in [6.07, 6.45) is 6.07.